The van der Waals surface area contributed by atoms with Crippen molar-refractivity contribution in [3.63, 3.8) is 0 Å². The van der Waals surface area contributed by atoms with Crippen molar-refractivity contribution >= 4 is 7.12 Å². The van der Waals surface area contributed by atoms with Crippen molar-refractivity contribution < 1.29 is 14.8 Å². The summed E-state index contributed by atoms with van der Waals surface area (Å²) in [5, 5.41) is 19.9. The van der Waals surface area contributed by atoms with E-state index in [4.69, 9.17) is 4.74 Å². The summed E-state index contributed by atoms with van der Waals surface area (Å²) in [6, 6.07) is 25.3. The number of rotatable bonds is 1. The molecule has 140 valence electrons. The van der Waals surface area contributed by atoms with Crippen LogP contribution in [0.25, 0.3) is 11.1 Å². The fraction of sp³-hybridized carbons (Fsp3) is 0.120. The summed E-state index contributed by atoms with van der Waals surface area (Å²) >= 11 is 0. The van der Waals surface area contributed by atoms with E-state index >= 15 is 0 Å². The zero-order valence-electron chi connectivity index (χ0n) is 15.7. The standard InChI is InChI=1S/C25H19BO3/c27-26(28)16-13-14-24-22(15-16)25(21-11-5-6-12-23(21)29-24)19-9-3-1-7-17(19)18-8-2-4-10-20(18)25/h1-14,16,27-28H,15H2. The third-order valence-electron chi connectivity index (χ3n) is 6.53. The predicted molar refractivity (Wildman–Crippen MR) is 114 cm³/mol. The third-order valence-corrected chi connectivity index (χ3v) is 6.53. The summed E-state index contributed by atoms with van der Waals surface area (Å²) < 4.78 is 6.31. The Hall–Kier alpha value is -3.08. The van der Waals surface area contributed by atoms with Gasteiger partial charge in [-0.05, 0) is 46.4 Å². The molecule has 3 aliphatic rings. The van der Waals surface area contributed by atoms with E-state index in [9.17, 15) is 10.0 Å². The predicted octanol–water partition coefficient (Wildman–Crippen LogP) is 4.45. The highest BCUT2D eigenvalue weighted by Crippen LogP contribution is 2.62. The molecule has 2 aliphatic carbocycles. The zero-order chi connectivity index (χ0) is 19.6. The van der Waals surface area contributed by atoms with Crippen molar-refractivity contribution in [2.75, 3.05) is 0 Å². The van der Waals surface area contributed by atoms with Crippen LogP contribution in [0.1, 0.15) is 23.1 Å². The van der Waals surface area contributed by atoms with Crippen LogP contribution in [0.5, 0.6) is 5.75 Å². The summed E-state index contributed by atoms with van der Waals surface area (Å²) in [5.74, 6) is 1.30. The van der Waals surface area contributed by atoms with Gasteiger partial charge in [0.15, 0.2) is 0 Å². The maximum atomic E-state index is 9.93. The fourth-order valence-corrected chi connectivity index (χ4v) is 5.35. The first-order valence-electron chi connectivity index (χ1n) is 9.96. The topological polar surface area (TPSA) is 49.7 Å². The van der Waals surface area contributed by atoms with Crippen LogP contribution in [0.15, 0.2) is 96.3 Å². The van der Waals surface area contributed by atoms with Crippen LogP contribution >= 0.6 is 0 Å². The Balaban J connectivity index is 1.75. The summed E-state index contributed by atoms with van der Waals surface area (Å²) in [5.41, 5.74) is 6.61. The Morgan fingerprint density at radius 1 is 0.793 bits per heavy atom. The van der Waals surface area contributed by atoms with Crippen LogP contribution in [-0.2, 0) is 5.41 Å². The van der Waals surface area contributed by atoms with Gasteiger partial charge in [0.2, 0.25) is 0 Å². The molecule has 3 nitrogen and oxygen atoms in total. The molecule has 1 unspecified atom stereocenters. The Kier molecular flexibility index (Phi) is 3.46. The minimum atomic E-state index is -1.40. The second-order valence-electron chi connectivity index (χ2n) is 7.92. The van der Waals surface area contributed by atoms with Gasteiger partial charge in [0.25, 0.3) is 0 Å². The Morgan fingerprint density at radius 2 is 1.38 bits per heavy atom. The number of ether oxygens (including phenoxy) is 1. The minimum absolute atomic E-state index is 0.362. The summed E-state index contributed by atoms with van der Waals surface area (Å²) in [6.45, 7) is 0. The molecule has 3 aromatic rings. The second-order valence-corrected chi connectivity index (χ2v) is 7.92. The van der Waals surface area contributed by atoms with E-state index < -0.39 is 12.5 Å². The Labute approximate surface area is 169 Å². The Morgan fingerprint density at radius 3 is 2.03 bits per heavy atom. The summed E-state index contributed by atoms with van der Waals surface area (Å²) in [7, 11) is -1.40. The molecule has 6 rings (SSSR count). The number of benzene rings is 3. The average molecular weight is 378 g/mol. The van der Waals surface area contributed by atoms with Gasteiger partial charge in [-0.15, -0.1) is 0 Å². The van der Waals surface area contributed by atoms with Crippen LogP contribution in [-0.4, -0.2) is 17.2 Å². The molecule has 29 heavy (non-hydrogen) atoms. The van der Waals surface area contributed by atoms with Crippen molar-refractivity contribution in [1.82, 2.24) is 0 Å². The van der Waals surface area contributed by atoms with Crippen molar-refractivity contribution in [2.24, 2.45) is 0 Å². The van der Waals surface area contributed by atoms with Gasteiger partial charge in [0, 0.05) is 11.4 Å². The molecule has 2 N–H and O–H groups in total. The van der Waals surface area contributed by atoms with E-state index in [0.29, 0.717) is 6.42 Å². The first-order chi connectivity index (χ1) is 14.2. The van der Waals surface area contributed by atoms with E-state index in [0.717, 1.165) is 22.6 Å². The van der Waals surface area contributed by atoms with Gasteiger partial charge in [-0.3, -0.25) is 0 Å². The van der Waals surface area contributed by atoms with Gasteiger partial charge in [-0.25, -0.2) is 0 Å². The average Bonchev–Trinajstić information content (AvgIpc) is 3.05. The highest BCUT2D eigenvalue weighted by Gasteiger charge is 2.53. The molecule has 1 spiro atoms. The molecule has 1 aliphatic heterocycles. The number of fused-ring (bicyclic) bond motifs is 8. The lowest BCUT2D eigenvalue weighted by Gasteiger charge is -2.42. The van der Waals surface area contributed by atoms with Crippen LogP contribution in [0.4, 0.5) is 0 Å². The van der Waals surface area contributed by atoms with Crippen molar-refractivity contribution in [1.29, 1.82) is 0 Å². The lowest BCUT2D eigenvalue weighted by atomic mass is 9.58. The number of para-hydroxylation sites is 1. The highest BCUT2D eigenvalue weighted by atomic mass is 16.5. The minimum Gasteiger partial charge on any atom is -0.457 e. The van der Waals surface area contributed by atoms with Gasteiger partial charge in [-0.1, -0.05) is 72.8 Å². The molecule has 0 fully saturated rings. The first kappa shape index (κ1) is 16.8. The van der Waals surface area contributed by atoms with E-state index in [1.54, 1.807) is 0 Å². The molecule has 0 aromatic heterocycles. The second kappa shape index (κ2) is 5.96. The molecule has 0 radical (unpaired) electrons. The number of hydrogen-bond donors (Lipinski definition) is 2. The monoisotopic (exact) mass is 378 g/mol. The Bertz CT molecular complexity index is 1160. The fourth-order valence-electron chi connectivity index (χ4n) is 5.35. The van der Waals surface area contributed by atoms with Gasteiger partial charge in [-0.2, -0.15) is 0 Å². The molecule has 0 amide bonds. The molecule has 4 heteroatoms. The molecule has 0 bridgehead atoms. The van der Waals surface area contributed by atoms with E-state index in [1.165, 1.54) is 22.3 Å². The van der Waals surface area contributed by atoms with Gasteiger partial charge in [0.05, 0.1) is 5.41 Å². The largest absolute Gasteiger partial charge is 0.459 e. The summed E-state index contributed by atoms with van der Waals surface area (Å²) in [4.78, 5) is 0. The van der Waals surface area contributed by atoms with E-state index in [2.05, 4.69) is 60.7 Å². The quantitative estimate of drug-likeness (QED) is 0.615. The number of allylic oxidation sites excluding steroid dienone is 3. The maximum Gasteiger partial charge on any atom is 0.459 e. The zero-order valence-corrected chi connectivity index (χ0v) is 15.7. The molecule has 1 heterocycles. The summed E-state index contributed by atoms with van der Waals surface area (Å²) in [6.07, 6.45) is 4.28. The van der Waals surface area contributed by atoms with Gasteiger partial charge in [0.1, 0.15) is 11.5 Å². The highest BCUT2D eigenvalue weighted by molar-refractivity contribution is 6.44. The molecule has 3 aromatic carbocycles. The van der Waals surface area contributed by atoms with Crippen LogP contribution in [0.3, 0.4) is 0 Å². The van der Waals surface area contributed by atoms with Crippen molar-refractivity contribution in [2.45, 2.75) is 17.7 Å². The SMILES string of the molecule is OB(O)C1C=CC2=C(C1)C1(c3ccccc3O2)c2ccccc2-c2ccccc21. The molecular formula is C25H19BO3. The van der Waals surface area contributed by atoms with Gasteiger partial charge >= 0.3 is 7.12 Å². The van der Waals surface area contributed by atoms with E-state index in [-0.39, 0.29) is 5.82 Å². The maximum absolute atomic E-state index is 9.93. The lowest BCUT2D eigenvalue weighted by molar-refractivity contribution is 0.370. The molecule has 0 saturated heterocycles. The molecule has 0 saturated carbocycles. The van der Waals surface area contributed by atoms with E-state index in [1.807, 2.05) is 24.3 Å². The van der Waals surface area contributed by atoms with Crippen LogP contribution < -0.4 is 4.74 Å². The smallest absolute Gasteiger partial charge is 0.457 e. The number of hydrogen-bond acceptors (Lipinski definition) is 3. The first-order valence-corrected chi connectivity index (χ1v) is 9.96. The van der Waals surface area contributed by atoms with Crippen LogP contribution in [0, 0.1) is 0 Å². The van der Waals surface area contributed by atoms with Crippen molar-refractivity contribution in [3.8, 4) is 16.9 Å². The van der Waals surface area contributed by atoms with Gasteiger partial charge < -0.3 is 14.8 Å². The lowest BCUT2D eigenvalue weighted by Crippen LogP contribution is -2.37. The molecule has 1 atom stereocenters. The third kappa shape index (κ3) is 2.10. The van der Waals surface area contributed by atoms with Crippen LogP contribution in [0.2, 0.25) is 5.82 Å². The molecular weight excluding hydrogens is 359 g/mol. The van der Waals surface area contributed by atoms with Crippen molar-refractivity contribution in [3.05, 3.63) is 113 Å². The normalized spacial score (nSPS) is 19.9.